The fraction of sp³-hybridized carbons (Fsp3) is 0.455. The molecule has 1 unspecified atom stereocenters. The molecule has 3 N–H and O–H groups in total. The summed E-state index contributed by atoms with van der Waals surface area (Å²) in [5, 5.41) is -1.04. The summed E-state index contributed by atoms with van der Waals surface area (Å²) in [5.41, 5.74) is 5.14. The third-order valence-corrected chi connectivity index (χ3v) is 7.01. The molecular formula is C22H25ClF3N3O4S. The molecule has 7 nitrogen and oxygen atoms in total. The summed E-state index contributed by atoms with van der Waals surface area (Å²) in [6.07, 6.45) is 4.12. The van der Waals surface area contributed by atoms with E-state index in [4.69, 9.17) is 22.1 Å². The maximum Gasteiger partial charge on any atom is 0.364 e. The lowest BCUT2D eigenvalue weighted by atomic mass is 9.98. The number of sulfone groups is 1. The summed E-state index contributed by atoms with van der Waals surface area (Å²) in [5.74, 6) is -2.63. The minimum atomic E-state index is -3.83. The maximum atomic E-state index is 14.5. The highest BCUT2D eigenvalue weighted by atomic mass is 35.5. The first kappa shape index (κ1) is 26.1. The first-order valence-corrected chi connectivity index (χ1v) is 12.9. The van der Waals surface area contributed by atoms with Crippen molar-refractivity contribution in [3.05, 3.63) is 46.9 Å². The van der Waals surface area contributed by atoms with E-state index in [1.54, 1.807) is 0 Å². The van der Waals surface area contributed by atoms with Gasteiger partial charge in [-0.15, -0.1) is 0 Å². The standard InChI is InChI=1S/C22H25ClF3N3O4S/c1-12(15-8-9-16(34(2,31)32)18(24)19(15)27)20(30)28-11-13-7-10-17(22(23,25)26)29-21(13)33-14-5-3-4-6-14/h7-10,12,14H,3-6,11,27H2,1-2H3,(H,28,30). The molecule has 2 aromatic rings. The van der Waals surface area contributed by atoms with E-state index in [9.17, 15) is 26.4 Å². The molecule has 0 saturated heterocycles. The third kappa shape index (κ3) is 5.93. The molecule has 1 atom stereocenters. The number of nitrogens with one attached hydrogen (secondary N) is 1. The number of rotatable bonds is 8. The minimum Gasteiger partial charge on any atom is -0.474 e. The SMILES string of the molecule is CC(C(=O)NCc1ccc(C(F)(F)Cl)nc1OC1CCCC1)c1ccc(S(C)(=O)=O)c(F)c1N. The topological polar surface area (TPSA) is 111 Å². The number of anilines is 1. The van der Waals surface area contributed by atoms with Crippen LogP contribution in [0.25, 0.3) is 0 Å². The number of carbonyl (C=O) groups excluding carboxylic acids is 1. The molecule has 1 amide bonds. The Morgan fingerprint density at radius 1 is 1.29 bits per heavy atom. The van der Waals surface area contributed by atoms with Crippen LogP contribution in [0.1, 0.15) is 55.3 Å². The van der Waals surface area contributed by atoms with Crippen LogP contribution in [-0.4, -0.2) is 31.7 Å². The summed E-state index contributed by atoms with van der Waals surface area (Å²) in [6, 6.07) is 4.74. The van der Waals surface area contributed by atoms with Gasteiger partial charge in [-0.2, -0.15) is 8.78 Å². The number of hydrogen-bond donors (Lipinski definition) is 2. The van der Waals surface area contributed by atoms with Crippen LogP contribution in [0.2, 0.25) is 0 Å². The van der Waals surface area contributed by atoms with Crippen molar-refractivity contribution < 1.29 is 31.1 Å². The van der Waals surface area contributed by atoms with E-state index >= 15 is 0 Å². The van der Waals surface area contributed by atoms with Gasteiger partial charge in [0, 0.05) is 18.4 Å². The summed E-state index contributed by atoms with van der Waals surface area (Å²) in [4.78, 5) is 16.0. The fourth-order valence-electron chi connectivity index (χ4n) is 3.76. The molecule has 0 bridgehead atoms. The van der Waals surface area contributed by atoms with E-state index in [0.717, 1.165) is 44.1 Å². The Hall–Kier alpha value is -2.53. The lowest BCUT2D eigenvalue weighted by Crippen LogP contribution is -2.29. The molecule has 0 aliphatic heterocycles. The molecule has 0 spiro atoms. The van der Waals surface area contributed by atoms with Crippen LogP contribution in [0.15, 0.2) is 29.2 Å². The molecule has 1 aliphatic rings. The zero-order valence-corrected chi connectivity index (χ0v) is 20.1. The Morgan fingerprint density at radius 3 is 2.53 bits per heavy atom. The Labute approximate surface area is 200 Å². The number of ether oxygens (including phenoxy) is 1. The zero-order valence-electron chi connectivity index (χ0n) is 18.6. The van der Waals surface area contributed by atoms with E-state index < -0.39 is 49.1 Å². The number of hydrogen-bond acceptors (Lipinski definition) is 6. The average Bonchev–Trinajstić information content (AvgIpc) is 3.25. The largest absolute Gasteiger partial charge is 0.474 e. The molecule has 0 radical (unpaired) electrons. The predicted octanol–water partition coefficient (Wildman–Crippen LogP) is 4.24. The molecule has 1 saturated carbocycles. The van der Waals surface area contributed by atoms with Crippen molar-refractivity contribution in [3.8, 4) is 5.88 Å². The van der Waals surface area contributed by atoms with Crippen LogP contribution < -0.4 is 15.8 Å². The summed E-state index contributed by atoms with van der Waals surface area (Å²) < 4.78 is 70.8. The zero-order chi connectivity index (χ0) is 25.3. The van der Waals surface area contributed by atoms with Gasteiger partial charge < -0.3 is 15.8 Å². The van der Waals surface area contributed by atoms with E-state index in [0.29, 0.717) is 5.56 Å². The van der Waals surface area contributed by atoms with Crippen LogP contribution >= 0.6 is 11.6 Å². The second-order valence-electron chi connectivity index (χ2n) is 8.28. The van der Waals surface area contributed by atoms with Crippen molar-refractivity contribution in [2.45, 2.75) is 61.5 Å². The van der Waals surface area contributed by atoms with Gasteiger partial charge in [0.2, 0.25) is 11.8 Å². The molecule has 1 heterocycles. The molecule has 1 aromatic heterocycles. The number of nitrogen functional groups attached to an aromatic ring is 1. The first-order valence-electron chi connectivity index (χ1n) is 10.6. The number of halogens is 4. The maximum absolute atomic E-state index is 14.5. The molecular weight excluding hydrogens is 495 g/mol. The van der Waals surface area contributed by atoms with Crippen molar-refractivity contribution in [2.75, 3.05) is 12.0 Å². The Bertz CT molecular complexity index is 1180. The second kappa shape index (κ2) is 9.99. The van der Waals surface area contributed by atoms with Gasteiger partial charge in [-0.25, -0.2) is 17.8 Å². The van der Waals surface area contributed by atoms with Crippen LogP contribution in [0, 0.1) is 5.82 Å². The smallest absolute Gasteiger partial charge is 0.364 e. The van der Waals surface area contributed by atoms with Crippen molar-refractivity contribution >= 4 is 33.0 Å². The highest BCUT2D eigenvalue weighted by Crippen LogP contribution is 2.34. The van der Waals surface area contributed by atoms with Gasteiger partial charge in [-0.1, -0.05) is 6.07 Å². The third-order valence-electron chi connectivity index (χ3n) is 5.70. The van der Waals surface area contributed by atoms with Gasteiger partial charge in [-0.3, -0.25) is 4.79 Å². The number of carbonyl (C=O) groups is 1. The van der Waals surface area contributed by atoms with Gasteiger partial charge in [0.25, 0.3) is 0 Å². The second-order valence-corrected chi connectivity index (χ2v) is 10.7. The van der Waals surface area contributed by atoms with Crippen molar-refractivity contribution in [3.63, 3.8) is 0 Å². The monoisotopic (exact) mass is 519 g/mol. The molecule has 34 heavy (non-hydrogen) atoms. The van der Waals surface area contributed by atoms with Gasteiger partial charge in [-0.05, 0) is 68.0 Å². The molecule has 1 fully saturated rings. The van der Waals surface area contributed by atoms with Crippen LogP contribution in [0.3, 0.4) is 0 Å². The number of benzene rings is 1. The lowest BCUT2D eigenvalue weighted by Gasteiger charge is -2.19. The van der Waals surface area contributed by atoms with E-state index in [2.05, 4.69) is 10.3 Å². The predicted molar refractivity (Wildman–Crippen MR) is 121 cm³/mol. The number of aromatic nitrogens is 1. The number of nitrogens with two attached hydrogens (primary N) is 1. The first-order chi connectivity index (χ1) is 15.8. The van der Waals surface area contributed by atoms with Gasteiger partial charge in [0.1, 0.15) is 16.7 Å². The minimum absolute atomic E-state index is 0.0410. The summed E-state index contributed by atoms with van der Waals surface area (Å²) >= 11 is 5.10. The van der Waals surface area contributed by atoms with Crippen molar-refractivity contribution in [1.29, 1.82) is 0 Å². The number of alkyl halides is 3. The summed E-state index contributed by atoms with van der Waals surface area (Å²) in [6.45, 7) is 1.38. The summed E-state index contributed by atoms with van der Waals surface area (Å²) in [7, 11) is -3.83. The van der Waals surface area contributed by atoms with E-state index in [1.807, 2.05) is 0 Å². The van der Waals surface area contributed by atoms with Gasteiger partial charge in [0.05, 0.1) is 11.6 Å². The Balaban J connectivity index is 1.79. The lowest BCUT2D eigenvalue weighted by molar-refractivity contribution is -0.122. The Morgan fingerprint density at radius 2 is 1.94 bits per heavy atom. The fourth-order valence-corrected chi connectivity index (χ4v) is 4.61. The number of amides is 1. The highest BCUT2D eigenvalue weighted by molar-refractivity contribution is 7.90. The quantitative estimate of drug-likeness (QED) is 0.398. The van der Waals surface area contributed by atoms with Crippen molar-refractivity contribution in [2.24, 2.45) is 0 Å². The van der Waals surface area contributed by atoms with Crippen molar-refractivity contribution in [1.82, 2.24) is 10.3 Å². The normalized spacial score (nSPS) is 15.8. The van der Waals surface area contributed by atoms with Crippen LogP contribution in [0.4, 0.5) is 18.9 Å². The molecule has 3 rings (SSSR count). The van der Waals surface area contributed by atoms with Crippen LogP contribution in [0.5, 0.6) is 5.88 Å². The molecule has 186 valence electrons. The van der Waals surface area contributed by atoms with Gasteiger partial charge >= 0.3 is 5.38 Å². The van der Waals surface area contributed by atoms with Gasteiger partial charge in [0.15, 0.2) is 15.7 Å². The average molecular weight is 520 g/mol. The molecule has 12 heteroatoms. The number of nitrogens with zero attached hydrogens (tertiary/aromatic N) is 1. The van der Waals surface area contributed by atoms with Crippen LogP contribution in [-0.2, 0) is 26.6 Å². The van der Waals surface area contributed by atoms with E-state index in [1.165, 1.54) is 19.1 Å². The number of pyridine rings is 1. The molecule has 1 aliphatic carbocycles. The highest BCUT2D eigenvalue weighted by Gasteiger charge is 2.31. The molecule has 1 aromatic carbocycles. The van der Waals surface area contributed by atoms with E-state index in [-0.39, 0.29) is 24.1 Å². The Kier molecular flexibility index (Phi) is 7.66.